The number of methoxy groups -OCH3 is 2. The van der Waals surface area contributed by atoms with E-state index in [0.29, 0.717) is 18.7 Å². The molecule has 0 unspecified atom stereocenters. The number of carbonyl (C=O) groups excluding carboxylic acids is 1. The van der Waals surface area contributed by atoms with E-state index in [1.807, 2.05) is 42.8 Å². The van der Waals surface area contributed by atoms with Crippen molar-refractivity contribution in [1.82, 2.24) is 9.88 Å². The molecule has 0 aliphatic rings. The molecule has 1 N–H and O–H groups in total. The van der Waals surface area contributed by atoms with Crippen LogP contribution in [0, 0.1) is 6.92 Å². The number of nitrogens with zero attached hydrogens (tertiary/aromatic N) is 1. The molecule has 0 aliphatic heterocycles. The van der Waals surface area contributed by atoms with E-state index >= 15 is 0 Å². The molecular formula is C21H24N2O3. The van der Waals surface area contributed by atoms with Crippen molar-refractivity contribution in [3.63, 3.8) is 0 Å². The fourth-order valence-corrected chi connectivity index (χ4v) is 3.26. The average molecular weight is 352 g/mol. The summed E-state index contributed by atoms with van der Waals surface area (Å²) in [6.45, 7) is 3.23. The number of rotatable bonds is 6. The monoisotopic (exact) mass is 352 g/mol. The number of aromatic nitrogens is 1. The summed E-state index contributed by atoms with van der Waals surface area (Å²) in [7, 11) is 5.05. The number of hydrogen-bond acceptors (Lipinski definition) is 4. The summed E-state index contributed by atoms with van der Waals surface area (Å²) in [5, 5.41) is 5.84. The van der Waals surface area contributed by atoms with Crippen LogP contribution in [-0.4, -0.2) is 24.8 Å². The van der Waals surface area contributed by atoms with E-state index in [1.165, 1.54) is 17.9 Å². The van der Waals surface area contributed by atoms with Gasteiger partial charge in [-0.3, -0.25) is 0 Å². The van der Waals surface area contributed by atoms with Gasteiger partial charge in [0.25, 0.3) is 0 Å². The first-order chi connectivity index (χ1) is 12.6. The zero-order valence-corrected chi connectivity index (χ0v) is 15.6. The first-order valence-corrected chi connectivity index (χ1v) is 8.55. The smallest absolute Gasteiger partial charge is 0.339 e. The third-order valence-corrected chi connectivity index (χ3v) is 4.87. The van der Waals surface area contributed by atoms with Crippen LogP contribution >= 0.6 is 0 Å². The van der Waals surface area contributed by atoms with Crippen LogP contribution in [0.1, 0.15) is 27.3 Å². The van der Waals surface area contributed by atoms with Crippen molar-refractivity contribution in [3.8, 4) is 5.75 Å². The molecule has 0 fully saturated rings. The molecule has 0 saturated carbocycles. The molecule has 3 rings (SSSR count). The van der Waals surface area contributed by atoms with Crippen LogP contribution in [0.3, 0.4) is 0 Å². The van der Waals surface area contributed by atoms with Gasteiger partial charge in [0.05, 0.1) is 19.8 Å². The van der Waals surface area contributed by atoms with Crippen molar-refractivity contribution < 1.29 is 14.3 Å². The van der Waals surface area contributed by atoms with E-state index in [2.05, 4.69) is 23.5 Å². The summed E-state index contributed by atoms with van der Waals surface area (Å²) in [6, 6.07) is 14.2. The molecular weight excluding hydrogens is 328 g/mol. The van der Waals surface area contributed by atoms with Crippen molar-refractivity contribution >= 4 is 16.7 Å². The van der Waals surface area contributed by atoms with Gasteiger partial charge in [-0.1, -0.05) is 30.3 Å². The number of hydrogen-bond donors (Lipinski definition) is 1. The number of ether oxygens (including phenoxy) is 2. The maximum Gasteiger partial charge on any atom is 0.339 e. The minimum absolute atomic E-state index is 0.305. The first-order valence-electron chi connectivity index (χ1n) is 8.55. The van der Waals surface area contributed by atoms with Crippen molar-refractivity contribution in [2.45, 2.75) is 20.0 Å². The van der Waals surface area contributed by atoms with Crippen molar-refractivity contribution in [2.24, 2.45) is 7.05 Å². The minimum atomic E-state index is -0.305. The Hall–Kier alpha value is -2.79. The van der Waals surface area contributed by atoms with Crippen LogP contribution < -0.4 is 10.1 Å². The van der Waals surface area contributed by atoms with Gasteiger partial charge in [-0.25, -0.2) is 4.79 Å². The Morgan fingerprint density at radius 1 is 1.12 bits per heavy atom. The number of nitrogens with one attached hydrogen (secondary N) is 1. The molecule has 0 atom stereocenters. The second kappa shape index (κ2) is 7.62. The van der Waals surface area contributed by atoms with E-state index in [-0.39, 0.29) is 5.97 Å². The molecule has 136 valence electrons. The van der Waals surface area contributed by atoms with Crippen LogP contribution in [0.5, 0.6) is 5.75 Å². The summed E-state index contributed by atoms with van der Waals surface area (Å²) >= 11 is 0. The van der Waals surface area contributed by atoms with E-state index in [0.717, 1.165) is 22.7 Å². The Bertz CT molecular complexity index is 944. The van der Waals surface area contributed by atoms with Gasteiger partial charge in [-0.2, -0.15) is 0 Å². The van der Waals surface area contributed by atoms with Gasteiger partial charge >= 0.3 is 5.97 Å². The van der Waals surface area contributed by atoms with E-state index in [9.17, 15) is 4.79 Å². The second-order valence-electron chi connectivity index (χ2n) is 6.26. The summed E-state index contributed by atoms with van der Waals surface area (Å²) in [6.07, 6.45) is 0. The van der Waals surface area contributed by atoms with Gasteiger partial charge < -0.3 is 19.4 Å². The van der Waals surface area contributed by atoms with Crippen molar-refractivity contribution in [3.05, 3.63) is 65.0 Å². The second-order valence-corrected chi connectivity index (χ2v) is 6.26. The largest absolute Gasteiger partial charge is 0.496 e. The Balaban J connectivity index is 1.81. The molecule has 0 radical (unpaired) electrons. The van der Waals surface area contributed by atoms with E-state index in [1.54, 1.807) is 7.11 Å². The molecule has 0 aliphatic carbocycles. The molecule has 1 aromatic heterocycles. The molecule has 5 nitrogen and oxygen atoms in total. The lowest BCUT2D eigenvalue weighted by Gasteiger charge is -2.13. The van der Waals surface area contributed by atoms with Gasteiger partial charge in [0.1, 0.15) is 5.75 Å². The van der Waals surface area contributed by atoms with E-state index < -0.39 is 0 Å². The third-order valence-electron chi connectivity index (χ3n) is 4.87. The van der Waals surface area contributed by atoms with Crippen molar-refractivity contribution in [1.29, 1.82) is 0 Å². The molecule has 26 heavy (non-hydrogen) atoms. The molecule has 0 spiro atoms. The lowest BCUT2D eigenvalue weighted by Crippen LogP contribution is -2.16. The number of carbonyl (C=O) groups is 1. The molecule has 3 aromatic rings. The SMILES string of the molecule is COC(=O)c1cc(CNCc2c(OC)ccc3ccccc23)n(C)c1C. The fourth-order valence-electron chi connectivity index (χ4n) is 3.26. The van der Waals surface area contributed by atoms with Crippen LogP contribution in [0.2, 0.25) is 0 Å². The fraction of sp³-hybridized carbons (Fsp3) is 0.286. The van der Waals surface area contributed by atoms with Gasteiger partial charge in [0.15, 0.2) is 0 Å². The van der Waals surface area contributed by atoms with Gasteiger partial charge in [0.2, 0.25) is 0 Å². The highest BCUT2D eigenvalue weighted by Gasteiger charge is 2.16. The quantitative estimate of drug-likeness (QED) is 0.689. The van der Waals surface area contributed by atoms with Crippen LogP contribution in [-0.2, 0) is 24.9 Å². The minimum Gasteiger partial charge on any atom is -0.496 e. The summed E-state index contributed by atoms with van der Waals surface area (Å²) in [4.78, 5) is 11.9. The highest BCUT2D eigenvalue weighted by atomic mass is 16.5. The lowest BCUT2D eigenvalue weighted by atomic mass is 10.0. The summed E-state index contributed by atoms with van der Waals surface area (Å²) < 4.78 is 12.4. The normalized spacial score (nSPS) is 10.9. The van der Waals surface area contributed by atoms with Crippen LogP contribution in [0.25, 0.3) is 10.8 Å². The molecule has 2 aromatic carbocycles. The first kappa shape index (κ1) is 18.0. The van der Waals surface area contributed by atoms with Crippen LogP contribution in [0.4, 0.5) is 0 Å². The maximum atomic E-state index is 11.9. The van der Waals surface area contributed by atoms with Gasteiger partial charge in [-0.15, -0.1) is 0 Å². The molecule has 0 saturated heterocycles. The zero-order valence-electron chi connectivity index (χ0n) is 15.6. The summed E-state index contributed by atoms with van der Waals surface area (Å²) in [5.41, 5.74) is 3.66. The number of benzene rings is 2. The number of fused-ring (bicyclic) bond motifs is 1. The highest BCUT2D eigenvalue weighted by Crippen LogP contribution is 2.28. The molecule has 5 heteroatoms. The molecule has 1 heterocycles. The van der Waals surface area contributed by atoms with Crippen molar-refractivity contribution in [2.75, 3.05) is 14.2 Å². The maximum absolute atomic E-state index is 11.9. The predicted molar refractivity (Wildman–Crippen MR) is 103 cm³/mol. The Morgan fingerprint density at radius 3 is 2.62 bits per heavy atom. The molecule has 0 amide bonds. The molecule has 0 bridgehead atoms. The number of esters is 1. The predicted octanol–water partition coefficient (Wildman–Crippen LogP) is 3.57. The standard InChI is InChI=1S/C21H24N2O3/c1-14-18(21(24)26-4)11-16(23(14)2)12-22-13-19-17-8-6-5-7-15(17)9-10-20(19)25-3/h5-11,22H,12-13H2,1-4H3. The highest BCUT2D eigenvalue weighted by molar-refractivity contribution is 5.91. The van der Waals surface area contributed by atoms with E-state index in [4.69, 9.17) is 9.47 Å². The Labute approximate surface area is 153 Å². The zero-order chi connectivity index (χ0) is 18.7. The third kappa shape index (κ3) is 3.30. The average Bonchev–Trinajstić information content (AvgIpc) is 2.96. The van der Waals surface area contributed by atoms with Gasteiger partial charge in [0, 0.05) is 37.1 Å². The Kier molecular flexibility index (Phi) is 5.28. The Morgan fingerprint density at radius 2 is 1.88 bits per heavy atom. The lowest BCUT2D eigenvalue weighted by molar-refractivity contribution is 0.0600. The van der Waals surface area contributed by atoms with Crippen LogP contribution in [0.15, 0.2) is 42.5 Å². The van der Waals surface area contributed by atoms with Gasteiger partial charge in [-0.05, 0) is 29.8 Å². The topological polar surface area (TPSA) is 52.5 Å². The summed E-state index contributed by atoms with van der Waals surface area (Å²) in [5.74, 6) is 0.564.